The lowest BCUT2D eigenvalue weighted by Crippen LogP contribution is -2.50. The summed E-state index contributed by atoms with van der Waals surface area (Å²) in [7, 11) is 0. The third kappa shape index (κ3) is 3.13. The molecule has 0 aromatic heterocycles. The Morgan fingerprint density at radius 3 is 2.38 bits per heavy atom. The fraction of sp³-hybridized carbons (Fsp3) is 0.818. The molecule has 0 spiro atoms. The summed E-state index contributed by atoms with van der Waals surface area (Å²) in [6.45, 7) is 2.20. The minimum absolute atomic E-state index is 0.0310. The maximum absolute atomic E-state index is 12.5. The molecular formula is C11H16F3NO. The van der Waals surface area contributed by atoms with Gasteiger partial charge in [-0.05, 0) is 32.6 Å². The topological polar surface area (TPSA) is 32.3 Å². The van der Waals surface area contributed by atoms with E-state index in [9.17, 15) is 18.3 Å². The lowest BCUT2D eigenvalue weighted by molar-refractivity contribution is -0.270. The van der Waals surface area contributed by atoms with E-state index in [1.165, 1.54) is 0 Å². The van der Waals surface area contributed by atoms with Crippen molar-refractivity contribution in [3.8, 4) is 11.8 Å². The van der Waals surface area contributed by atoms with Gasteiger partial charge >= 0.3 is 6.18 Å². The smallest absolute Gasteiger partial charge is 0.380 e. The van der Waals surface area contributed by atoms with Gasteiger partial charge in [-0.15, -0.1) is 5.92 Å². The molecule has 1 saturated carbocycles. The third-order valence-electron chi connectivity index (χ3n) is 3.00. The second-order valence-electron chi connectivity index (χ2n) is 4.11. The summed E-state index contributed by atoms with van der Waals surface area (Å²) >= 11 is 0. The molecule has 2 N–H and O–H groups in total. The zero-order chi connectivity index (χ0) is 12.2. The zero-order valence-electron chi connectivity index (χ0n) is 9.19. The van der Waals surface area contributed by atoms with Crippen LogP contribution in [0.4, 0.5) is 13.2 Å². The Hall–Kier alpha value is -0.730. The number of hydrogen-bond acceptors (Lipinski definition) is 2. The normalized spacial score (nSPS) is 30.7. The van der Waals surface area contributed by atoms with Crippen molar-refractivity contribution in [2.75, 3.05) is 6.54 Å². The number of hydrogen-bond donors (Lipinski definition) is 2. The summed E-state index contributed by atoms with van der Waals surface area (Å²) in [6, 6.07) is 0.0310. The summed E-state index contributed by atoms with van der Waals surface area (Å²) in [5.41, 5.74) is -2.48. The molecule has 0 atom stereocenters. The third-order valence-corrected chi connectivity index (χ3v) is 3.00. The van der Waals surface area contributed by atoms with Gasteiger partial charge in [0.2, 0.25) is 0 Å². The van der Waals surface area contributed by atoms with Gasteiger partial charge in [-0.3, -0.25) is 0 Å². The van der Waals surface area contributed by atoms with Crippen molar-refractivity contribution in [3.63, 3.8) is 0 Å². The van der Waals surface area contributed by atoms with E-state index in [1.807, 2.05) is 0 Å². The predicted molar refractivity (Wildman–Crippen MR) is 54.7 cm³/mol. The second kappa shape index (κ2) is 5.07. The van der Waals surface area contributed by atoms with Crippen molar-refractivity contribution in [1.29, 1.82) is 0 Å². The lowest BCUT2D eigenvalue weighted by atomic mass is 9.81. The van der Waals surface area contributed by atoms with Gasteiger partial charge in [-0.25, -0.2) is 0 Å². The Bertz CT molecular complexity index is 282. The van der Waals surface area contributed by atoms with E-state index in [2.05, 4.69) is 17.2 Å². The number of aliphatic hydroxyl groups is 1. The van der Waals surface area contributed by atoms with Crippen LogP contribution in [0.2, 0.25) is 0 Å². The van der Waals surface area contributed by atoms with Crippen molar-refractivity contribution in [3.05, 3.63) is 0 Å². The van der Waals surface area contributed by atoms with Gasteiger partial charge in [-0.2, -0.15) is 13.2 Å². The molecule has 1 aliphatic rings. The molecule has 2 nitrogen and oxygen atoms in total. The molecule has 0 aliphatic heterocycles. The van der Waals surface area contributed by atoms with Gasteiger partial charge in [0.1, 0.15) is 0 Å². The van der Waals surface area contributed by atoms with Gasteiger partial charge in [0, 0.05) is 6.04 Å². The fourth-order valence-electron chi connectivity index (χ4n) is 1.87. The molecule has 1 fully saturated rings. The van der Waals surface area contributed by atoms with E-state index in [1.54, 1.807) is 6.92 Å². The molecule has 1 rings (SSSR count). The van der Waals surface area contributed by atoms with Crippen molar-refractivity contribution in [2.45, 2.75) is 50.4 Å². The maximum atomic E-state index is 12.5. The molecule has 0 bridgehead atoms. The average Bonchev–Trinajstić information content (AvgIpc) is 2.20. The highest BCUT2D eigenvalue weighted by molar-refractivity contribution is 4.99. The van der Waals surface area contributed by atoms with Crippen LogP contribution in [0.3, 0.4) is 0 Å². The number of rotatable bonds is 2. The number of alkyl halides is 3. The van der Waals surface area contributed by atoms with Crippen LogP contribution in [-0.4, -0.2) is 29.5 Å². The minimum Gasteiger partial charge on any atom is -0.380 e. The zero-order valence-corrected chi connectivity index (χ0v) is 9.19. The molecule has 0 aromatic rings. The predicted octanol–water partition coefficient (Wildman–Crippen LogP) is 1.84. The van der Waals surface area contributed by atoms with E-state index < -0.39 is 11.8 Å². The molecule has 1 aliphatic carbocycles. The van der Waals surface area contributed by atoms with Crippen LogP contribution < -0.4 is 5.32 Å². The average molecular weight is 235 g/mol. The number of nitrogens with one attached hydrogen (secondary N) is 1. The first-order valence-electron chi connectivity index (χ1n) is 5.31. The number of halogens is 3. The molecule has 0 amide bonds. The van der Waals surface area contributed by atoms with Crippen molar-refractivity contribution in [1.82, 2.24) is 5.32 Å². The van der Waals surface area contributed by atoms with Gasteiger partial charge in [0.05, 0.1) is 6.54 Å². The van der Waals surface area contributed by atoms with Crippen molar-refractivity contribution in [2.24, 2.45) is 0 Å². The molecule has 0 heterocycles. The van der Waals surface area contributed by atoms with E-state index >= 15 is 0 Å². The summed E-state index contributed by atoms with van der Waals surface area (Å²) < 4.78 is 37.4. The Morgan fingerprint density at radius 2 is 1.94 bits per heavy atom. The van der Waals surface area contributed by atoms with Crippen molar-refractivity contribution >= 4 is 0 Å². The monoisotopic (exact) mass is 235 g/mol. The highest BCUT2D eigenvalue weighted by Crippen LogP contribution is 2.41. The van der Waals surface area contributed by atoms with Crippen LogP contribution in [-0.2, 0) is 0 Å². The summed E-state index contributed by atoms with van der Waals surface area (Å²) in [5, 5.41) is 12.5. The maximum Gasteiger partial charge on any atom is 0.417 e. The van der Waals surface area contributed by atoms with Crippen LogP contribution in [0.5, 0.6) is 0 Å². The van der Waals surface area contributed by atoms with Crippen LogP contribution in [0.1, 0.15) is 32.6 Å². The molecule has 0 aromatic carbocycles. The van der Waals surface area contributed by atoms with Crippen LogP contribution in [0.25, 0.3) is 0 Å². The first kappa shape index (κ1) is 13.3. The van der Waals surface area contributed by atoms with E-state index in [-0.39, 0.29) is 18.9 Å². The SMILES string of the molecule is CC#CCNC1CCC(O)(C(F)(F)F)CC1. The van der Waals surface area contributed by atoms with E-state index in [0.717, 1.165) is 0 Å². The Morgan fingerprint density at radius 1 is 1.38 bits per heavy atom. The molecule has 92 valence electrons. The van der Waals surface area contributed by atoms with Gasteiger partial charge in [0.25, 0.3) is 0 Å². The first-order chi connectivity index (χ1) is 7.39. The van der Waals surface area contributed by atoms with E-state index in [4.69, 9.17) is 0 Å². The lowest BCUT2D eigenvalue weighted by Gasteiger charge is -2.37. The highest BCUT2D eigenvalue weighted by atomic mass is 19.4. The quantitative estimate of drug-likeness (QED) is 0.716. The molecule has 0 radical (unpaired) electrons. The van der Waals surface area contributed by atoms with Crippen molar-refractivity contribution < 1.29 is 18.3 Å². The van der Waals surface area contributed by atoms with Gasteiger partial charge in [-0.1, -0.05) is 5.92 Å². The molecule has 16 heavy (non-hydrogen) atoms. The van der Waals surface area contributed by atoms with Gasteiger partial charge in [0.15, 0.2) is 5.60 Å². The van der Waals surface area contributed by atoms with Gasteiger partial charge < -0.3 is 10.4 Å². The Kier molecular flexibility index (Phi) is 4.22. The summed E-state index contributed by atoms with van der Waals surface area (Å²) in [6.07, 6.45) is -4.30. The fourth-order valence-corrected chi connectivity index (χ4v) is 1.87. The standard InChI is InChI=1S/C11H16F3NO/c1-2-3-8-15-9-4-6-10(16,7-5-9)11(12,13)14/h9,15-16H,4-8H2,1H3. The molecule has 0 unspecified atom stereocenters. The van der Waals surface area contributed by atoms with Crippen LogP contribution in [0, 0.1) is 11.8 Å². The Balaban J connectivity index is 2.41. The van der Waals surface area contributed by atoms with Crippen LogP contribution >= 0.6 is 0 Å². The summed E-state index contributed by atoms with van der Waals surface area (Å²) in [4.78, 5) is 0. The first-order valence-corrected chi connectivity index (χ1v) is 5.31. The van der Waals surface area contributed by atoms with E-state index in [0.29, 0.717) is 19.4 Å². The van der Waals surface area contributed by atoms with Crippen LogP contribution in [0.15, 0.2) is 0 Å². The highest BCUT2D eigenvalue weighted by Gasteiger charge is 2.54. The Labute approximate surface area is 93.2 Å². The summed E-state index contributed by atoms with van der Waals surface area (Å²) in [5.74, 6) is 5.51. The molecule has 5 heteroatoms. The molecular weight excluding hydrogens is 219 g/mol. The minimum atomic E-state index is -4.51. The largest absolute Gasteiger partial charge is 0.417 e. The molecule has 0 saturated heterocycles. The second-order valence-corrected chi connectivity index (χ2v) is 4.11.